The Morgan fingerprint density at radius 3 is 2.39 bits per heavy atom. The molecule has 0 aliphatic heterocycles. The first kappa shape index (κ1) is 22.8. The molecule has 0 aliphatic carbocycles. The first-order chi connectivity index (χ1) is 14.7. The predicted octanol–water partition coefficient (Wildman–Crippen LogP) is 3.28. The number of amides is 1. The lowest BCUT2D eigenvalue weighted by Gasteiger charge is -2.22. The number of methoxy groups -OCH3 is 2. The molecule has 1 heterocycles. The van der Waals surface area contributed by atoms with Gasteiger partial charge in [0.2, 0.25) is 21.1 Å². The second kappa shape index (κ2) is 9.50. The van der Waals surface area contributed by atoms with Crippen molar-refractivity contribution in [3.63, 3.8) is 0 Å². The van der Waals surface area contributed by atoms with Crippen molar-refractivity contribution in [2.45, 2.75) is 0 Å². The number of nitrogens with zero attached hydrogens (tertiary/aromatic N) is 3. The van der Waals surface area contributed by atoms with Gasteiger partial charge in [-0.3, -0.25) is 14.4 Å². The van der Waals surface area contributed by atoms with E-state index in [4.69, 9.17) is 21.1 Å². The van der Waals surface area contributed by atoms with E-state index in [-0.39, 0.29) is 10.8 Å². The highest BCUT2D eigenvalue weighted by atomic mass is 35.5. The topological polar surface area (TPSA) is 111 Å². The van der Waals surface area contributed by atoms with Gasteiger partial charge in [0.25, 0.3) is 0 Å². The normalized spacial score (nSPS) is 11.1. The highest BCUT2D eigenvalue weighted by molar-refractivity contribution is 7.92. The summed E-state index contributed by atoms with van der Waals surface area (Å²) in [5.41, 5.74) is 1.06. The number of hydrogen-bond acceptors (Lipinski definition) is 8. The van der Waals surface area contributed by atoms with Crippen LogP contribution < -0.4 is 19.1 Å². The van der Waals surface area contributed by atoms with Crippen LogP contribution in [0.4, 0.5) is 10.8 Å². The SMILES string of the molecule is COc1ccc(N(CC(=O)Nc2nnc(-c3ccc(Cl)cc3)s2)S(C)(=O)=O)cc1OC. The summed E-state index contributed by atoms with van der Waals surface area (Å²) in [6.45, 7) is -0.454. The van der Waals surface area contributed by atoms with Gasteiger partial charge in [-0.1, -0.05) is 35.1 Å². The minimum atomic E-state index is -3.76. The zero-order valence-electron chi connectivity index (χ0n) is 16.8. The maximum absolute atomic E-state index is 12.6. The minimum absolute atomic E-state index is 0.246. The van der Waals surface area contributed by atoms with Gasteiger partial charge in [-0.25, -0.2) is 8.42 Å². The Bertz CT molecular complexity index is 1180. The van der Waals surface area contributed by atoms with Crippen molar-refractivity contribution in [3.8, 4) is 22.1 Å². The lowest BCUT2D eigenvalue weighted by atomic mass is 10.2. The maximum Gasteiger partial charge on any atom is 0.246 e. The highest BCUT2D eigenvalue weighted by Gasteiger charge is 2.23. The van der Waals surface area contributed by atoms with Gasteiger partial charge >= 0.3 is 0 Å². The molecule has 0 saturated carbocycles. The maximum atomic E-state index is 12.6. The number of rotatable bonds is 8. The van der Waals surface area contributed by atoms with Crippen LogP contribution in [-0.4, -0.2) is 51.5 Å². The summed E-state index contributed by atoms with van der Waals surface area (Å²) < 4.78 is 36.0. The van der Waals surface area contributed by atoms with Gasteiger partial charge in [-0.2, -0.15) is 0 Å². The second-order valence-electron chi connectivity index (χ2n) is 6.28. The van der Waals surface area contributed by atoms with E-state index >= 15 is 0 Å². The number of nitrogens with one attached hydrogen (secondary N) is 1. The van der Waals surface area contributed by atoms with E-state index < -0.39 is 22.5 Å². The average Bonchev–Trinajstić information content (AvgIpc) is 3.19. The third-order valence-corrected chi connectivity index (χ3v) is 6.39. The Morgan fingerprint density at radius 2 is 1.77 bits per heavy atom. The molecule has 0 unspecified atom stereocenters. The molecule has 1 aromatic heterocycles. The van der Waals surface area contributed by atoms with E-state index in [1.54, 1.807) is 30.3 Å². The molecular weight excluding hydrogens is 464 g/mol. The zero-order valence-corrected chi connectivity index (χ0v) is 19.2. The zero-order chi connectivity index (χ0) is 22.6. The van der Waals surface area contributed by atoms with Gasteiger partial charge in [-0.05, 0) is 24.3 Å². The molecular formula is C19H19ClN4O5S2. The predicted molar refractivity (Wildman–Crippen MR) is 121 cm³/mol. The van der Waals surface area contributed by atoms with Crippen molar-refractivity contribution in [1.29, 1.82) is 0 Å². The van der Waals surface area contributed by atoms with Crippen molar-refractivity contribution in [3.05, 3.63) is 47.5 Å². The van der Waals surface area contributed by atoms with Crippen LogP contribution in [0.3, 0.4) is 0 Å². The summed E-state index contributed by atoms with van der Waals surface area (Å²) in [6.07, 6.45) is 1.01. The molecule has 1 N–H and O–H groups in total. The Labute approximate surface area is 188 Å². The number of aromatic nitrogens is 2. The Morgan fingerprint density at radius 1 is 1.10 bits per heavy atom. The molecule has 31 heavy (non-hydrogen) atoms. The van der Waals surface area contributed by atoms with Gasteiger partial charge in [0, 0.05) is 16.7 Å². The summed E-state index contributed by atoms with van der Waals surface area (Å²) >= 11 is 7.05. The van der Waals surface area contributed by atoms with Gasteiger partial charge in [0.15, 0.2) is 11.5 Å². The van der Waals surface area contributed by atoms with Crippen molar-refractivity contribution in [1.82, 2.24) is 10.2 Å². The minimum Gasteiger partial charge on any atom is -0.493 e. The van der Waals surface area contributed by atoms with Crippen LogP contribution in [0.5, 0.6) is 11.5 Å². The van der Waals surface area contributed by atoms with E-state index in [1.165, 1.54) is 26.4 Å². The summed E-state index contributed by atoms with van der Waals surface area (Å²) in [5, 5.41) is 12.0. The number of carbonyl (C=O) groups is 1. The van der Waals surface area contributed by atoms with Gasteiger partial charge in [-0.15, -0.1) is 10.2 Å². The fraction of sp³-hybridized carbons (Fsp3) is 0.211. The lowest BCUT2D eigenvalue weighted by Crippen LogP contribution is -2.37. The quantitative estimate of drug-likeness (QED) is 0.524. The molecule has 12 heteroatoms. The van der Waals surface area contributed by atoms with Gasteiger partial charge < -0.3 is 9.47 Å². The van der Waals surface area contributed by atoms with E-state index in [1.807, 2.05) is 0 Å². The molecule has 164 valence electrons. The molecule has 0 saturated heterocycles. The average molecular weight is 483 g/mol. The standard InChI is InChI=1S/C19H19ClN4O5S2/c1-28-15-9-8-14(10-16(15)29-2)24(31(3,26)27)11-17(25)21-19-23-22-18(30-19)12-4-6-13(20)7-5-12/h4-10H,11H2,1-3H3,(H,21,23,25). The van der Waals surface area contributed by atoms with Gasteiger partial charge in [0.1, 0.15) is 11.6 Å². The monoisotopic (exact) mass is 482 g/mol. The van der Waals surface area contributed by atoms with E-state index in [0.29, 0.717) is 21.5 Å². The molecule has 3 aromatic rings. The van der Waals surface area contributed by atoms with Gasteiger partial charge in [0.05, 0.1) is 26.2 Å². The van der Waals surface area contributed by atoms with E-state index in [9.17, 15) is 13.2 Å². The van der Waals surface area contributed by atoms with Crippen molar-refractivity contribution in [2.24, 2.45) is 0 Å². The lowest BCUT2D eigenvalue weighted by molar-refractivity contribution is -0.114. The third-order valence-electron chi connectivity index (χ3n) is 4.11. The smallest absolute Gasteiger partial charge is 0.246 e. The van der Waals surface area contributed by atoms with Crippen molar-refractivity contribution < 1.29 is 22.7 Å². The third kappa shape index (κ3) is 5.63. The van der Waals surface area contributed by atoms with Crippen LogP contribution in [0.25, 0.3) is 10.6 Å². The molecule has 0 fully saturated rings. The molecule has 3 rings (SSSR count). The largest absolute Gasteiger partial charge is 0.493 e. The summed E-state index contributed by atoms with van der Waals surface area (Å²) in [6, 6.07) is 11.6. The first-order valence-corrected chi connectivity index (χ1v) is 11.8. The second-order valence-corrected chi connectivity index (χ2v) is 9.60. The molecule has 0 radical (unpaired) electrons. The number of anilines is 2. The van der Waals surface area contributed by atoms with Crippen molar-refractivity contribution in [2.75, 3.05) is 36.6 Å². The van der Waals surface area contributed by atoms with Crippen LogP contribution in [-0.2, 0) is 14.8 Å². The molecule has 0 atom stereocenters. The molecule has 0 aliphatic rings. The Balaban J connectivity index is 1.77. The molecule has 2 aromatic carbocycles. The van der Waals surface area contributed by atoms with E-state index in [0.717, 1.165) is 27.5 Å². The summed E-state index contributed by atoms with van der Waals surface area (Å²) in [7, 11) is -0.851. The number of benzene rings is 2. The fourth-order valence-corrected chi connectivity index (χ4v) is 4.39. The van der Waals surface area contributed by atoms with Crippen LogP contribution in [0.15, 0.2) is 42.5 Å². The Hall–Kier alpha value is -2.89. The summed E-state index contributed by atoms with van der Waals surface area (Å²) in [4.78, 5) is 12.6. The molecule has 1 amide bonds. The van der Waals surface area contributed by atoms with Crippen LogP contribution in [0.2, 0.25) is 5.02 Å². The van der Waals surface area contributed by atoms with E-state index in [2.05, 4.69) is 15.5 Å². The first-order valence-electron chi connectivity index (χ1n) is 8.80. The highest BCUT2D eigenvalue weighted by Crippen LogP contribution is 2.32. The van der Waals surface area contributed by atoms with Crippen LogP contribution in [0, 0.1) is 0 Å². The number of hydrogen-bond donors (Lipinski definition) is 1. The number of sulfonamides is 1. The van der Waals surface area contributed by atoms with Crippen LogP contribution in [0.1, 0.15) is 0 Å². The molecule has 0 spiro atoms. The number of ether oxygens (including phenoxy) is 2. The molecule has 9 nitrogen and oxygen atoms in total. The fourth-order valence-electron chi connectivity index (χ4n) is 2.65. The number of halogens is 1. The number of carbonyl (C=O) groups excluding carboxylic acids is 1. The summed E-state index contributed by atoms with van der Waals surface area (Å²) in [5.74, 6) is 0.206. The molecule has 0 bridgehead atoms. The Kier molecular flexibility index (Phi) is 6.98. The van der Waals surface area contributed by atoms with Crippen molar-refractivity contribution >= 4 is 49.7 Å². The van der Waals surface area contributed by atoms with Crippen LogP contribution >= 0.6 is 22.9 Å².